The summed E-state index contributed by atoms with van der Waals surface area (Å²) in [5.41, 5.74) is 0.103. The highest BCUT2D eigenvalue weighted by Gasteiger charge is 2.34. The van der Waals surface area contributed by atoms with Gasteiger partial charge in [0.05, 0.1) is 17.1 Å². The van der Waals surface area contributed by atoms with Crippen LogP contribution in [0.25, 0.3) is 0 Å². The molecule has 0 amide bonds. The van der Waals surface area contributed by atoms with Crippen LogP contribution in [0.4, 0.5) is 10.2 Å². The predicted octanol–water partition coefficient (Wildman–Crippen LogP) is 2.84. The molecule has 3 rings (SSSR count). The molecule has 1 aromatic carbocycles. The average molecular weight is 338 g/mol. The monoisotopic (exact) mass is 337 g/mol. The van der Waals surface area contributed by atoms with E-state index >= 15 is 0 Å². The number of ether oxygens (including phenoxy) is 1. The molecule has 122 valence electrons. The number of fused-ring (bicyclic) bond motifs is 1. The quantitative estimate of drug-likeness (QED) is 0.864. The lowest BCUT2D eigenvalue weighted by Gasteiger charge is -2.28. The van der Waals surface area contributed by atoms with Crippen molar-refractivity contribution < 1.29 is 9.13 Å². The lowest BCUT2D eigenvalue weighted by atomic mass is 10.1. The van der Waals surface area contributed by atoms with Crippen LogP contribution in [0.5, 0.6) is 5.88 Å². The minimum Gasteiger partial charge on any atom is -0.473 e. The van der Waals surface area contributed by atoms with Gasteiger partial charge in [-0.3, -0.25) is 4.57 Å². The van der Waals surface area contributed by atoms with E-state index in [9.17, 15) is 9.18 Å². The first-order valence-corrected chi connectivity index (χ1v) is 7.58. The summed E-state index contributed by atoms with van der Waals surface area (Å²) < 4.78 is 20.6. The second kappa shape index (κ2) is 5.53. The summed E-state index contributed by atoms with van der Waals surface area (Å²) in [4.78, 5) is 18.1. The number of hydrogen-bond acceptors (Lipinski definition) is 4. The number of halogens is 2. The van der Waals surface area contributed by atoms with Crippen LogP contribution < -0.4 is 15.3 Å². The molecule has 2 heterocycles. The van der Waals surface area contributed by atoms with Crippen molar-refractivity contribution in [2.24, 2.45) is 0 Å². The Labute approximate surface area is 138 Å². The van der Waals surface area contributed by atoms with E-state index in [1.807, 2.05) is 11.9 Å². The van der Waals surface area contributed by atoms with E-state index in [0.717, 1.165) is 5.82 Å². The lowest BCUT2D eigenvalue weighted by molar-refractivity contribution is 0.291. The minimum atomic E-state index is -0.503. The summed E-state index contributed by atoms with van der Waals surface area (Å²) in [6, 6.07) is 6.16. The summed E-state index contributed by atoms with van der Waals surface area (Å²) in [7, 11) is 1.93. The first kappa shape index (κ1) is 15.8. The first-order valence-electron chi connectivity index (χ1n) is 7.20. The molecule has 0 saturated heterocycles. The Morgan fingerprint density at radius 2 is 2.13 bits per heavy atom. The van der Waals surface area contributed by atoms with Crippen LogP contribution in [0.3, 0.4) is 0 Å². The van der Waals surface area contributed by atoms with E-state index in [2.05, 4.69) is 18.8 Å². The molecule has 0 spiro atoms. The number of nitrogens with zero attached hydrogens (tertiary/aromatic N) is 3. The van der Waals surface area contributed by atoms with E-state index in [0.29, 0.717) is 12.1 Å². The van der Waals surface area contributed by atoms with Gasteiger partial charge >= 0.3 is 5.69 Å². The molecule has 5 nitrogen and oxygen atoms in total. The molecule has 0 aliphatic carbocycles. The summed E-state index contributed by atoms with van der Waals surface area (Å²) in [6.07, 6.45) is 0. The van der Waals surface area contributed by atoms with Gasteiger partial charge in [-0.05, 0) is 31.5 Å². The number of likely N-dealkylation sites (N-methyl/N-ethyl adjacent to an activating group) is 1. The van der Waals surface area contributed by atoms with E-state index < -0.39 is 5.82 Å². The molecule has 2 aromatic rings. The molecule has 7 heteroatoms. The number of benzene rings is 1. The van der Waals surface area contributed by atoms with Crippen LogP contribution in [-0.2, 0) is 13.2 Å². The largest absolute Gasteiger partial charge is 0.473 e. The zero-order chi connectivity index (χ0) is 16.8. The van der Waals surface area contributed by atoms with Crippen LogP contribution in [0.15, 0.2) is 29.1 Å². The third-order valence-corrected chi connectivity index (χ3v) is 4.44. The topological polar surface area (TPSA) is 47.4 Å². The predicted molar refractivity (Wildman–Crippen MR) is 86.7 cm³/mol. The molecular weight excluding hydrogens is 321 g/mol. The van der Waals surface area contributed by atoms with Crippen molar-refractivity contribution in [1.29, 1.82) is 0 Å². The van der Waals surface area contributed by atoms with E-state index in [1.165, 1.54) is 12.1 Å². The average Bonchev–Trinajstić information content (AvgIpc) is 2.72. The van der Waals surface area contributed by atoms with Gasteiger partial charge in [0.25, 0.3) is 0 Å². The molecule has 0 bridgehead atoms. The third kappa shape index (κ3) is 2.91. The van der Waals surface area contributed by atoms with Gasteiger partial charge in [0.15, 0.2) is 0 Å². The molecule has 0 unspecified atom stereocenters. The maximum Gasteiger partial charge on any atom is 0.352 e. The normalized spacial score (nSPS) is 15.6. The van der Waals surface area contributed by atoms with Gasteiger partial charge in [-0.1, -0.05) is 17.7 Å². The Kier molecular flexibility index (Phi) is 3.80. The molecule has 0 N–H and O–H groups in total. The van der Waals surface area contributed by atoms with Crippen LogP contribution in [0, 0.1) is 5.82 Å². The summed E-state index contributed by atoms with van der Waals surface area (Å²) in [5, 5.41) is 0.0616. The zero-order valence-corrected chi connectivity index (χ0v) is 13.9. The number of rotatable bonds is 3. The van der Waals surface area contributed by atoms with Crippen LogP contribution in [0.1, 0.15) is 19.4 Å². The highest BCUT2D eigenvalue weighted by molar-refractivity contribution is 6.30. The molecule has 1 aromatic heterocycles. The number of anilines is 1. The Balaban J connectivity index is 1.83. The maximum atomic E-state index is 13.4. The fourth-order valence-electron chi connectivity index (χ4n) is 2.56. The van der Waals surface area contributed by atoms with E-state index in [1.54, 1.807) is 16.7 Å². The van der Waals surface area contributed by atoms with Crippen molar-refractivity contribution in [1.82, 2.24) is 9.55 Å². The highest BCUT2D eigenvalue weighted by Crippen LogP contribution is 2.31. The molecule has 1 aliphatic heterocycles. The molecular formula is C16H17ClFN3O2. The van der Waals surface area contributed by atoms with Gasteiger partial charge in [0, 0.05) is 13.1 Å². The highest BCUT2D eigenvalue weighted by atomic mass is 35.5. The van der Waals surface area contributed by atoms with E-state index in [4.69, 9.17) is 16.3 Å². The van der Waals surface area contributed by atoms with Crippen molar-refractivity contribution >= 4 is 17.4 Å². The number of aromatic nitrogens is 2. The van der Waals surface area contributed by atoms with Gasteiger partial charge < -0.3 is 9.64 Å². The smallest absolute Gasteiger partial charge is 0.352 e. The summed E-state index contributed by atoms with van der Waals surface area (Å²) >= 11 is 5.65. The third-order valence-electron chi connectivity index (χ3n) is 4.13. The van der Waals surface area contributed by atoms with Gasteiger partial charge in [-0.2, -0.15) is 4.98 Å². The van der Waals surface area contributed by atoms with Crippen LogP contribution in [-0.4, -0.2) is 22.1 Å². The Morgan fingerprint density at radius 3 is 2.83 bits per heavy atom. The Hall–Kier alpha value is -2.08. The first-order chi connectivity index (χ1) is 10.8. The molecule has 0 radical (unpaired) electrons. The molecule has 0 fully saturated rings. The van der Waals surface area contributed by atoms with Crippen molar-refractivity contribution in [2.75, 3.05) is 11.9 Å². The molecule has 23 heavy (non-hydrogen) atoms. The molecule has 1 aliphatic rings. The van der Waals surface area contributed by atoms with Gasteiger partial charge in [-0.25, -0.2) is 9.18 Å². The fourth-order valence-corrected chi connectivity index (χ4v) is 2.68. The van der Waals surface area contributed by atoms with E-state index in [-0.39, 0.29) is 28.7 Å². The second-order valence-corrected chi connectivity index (χ2v) is 6.64. The standard InChI is InChI=1S/C16H17ClFN3O2/c1-16(2)9-21-14(20(16)3)7-13(19-15(21)22)23-8-10-4-5-11(17)12(18)6-10/h4-7H,8-9H2,1-3H3. The maximum absolute atomic E-state index is 13.4. The van der Waals surface area contributed by atoms with Crippen molar-refractivity contribution in [2.45, 2.75) is 32.5 Å². The Bertz CT molecular complexity index is 819. The van der Waals surface area contributed by atoms with Crippen molar-refractivity contribution in [3.8, 4) is 5.88 Å². The minimum absolute atomic E-state index is 0.0616. The van der Waals surface area contributed by atoms with Gasteiger partial charge in [0.1, 0.15) is 18.2 Å². The van der Waals surface area contributed by atoms with Crippen molar-refractivity contribution in [3.63, 3.8) is 0 Å². The fraction of sp³-hybridized carbons (Fsp3) is 0.375. The second-order valence-electron chi connectivity index (χ2n) is 6.23. The number of hydrogen-bond donors (Lipinski definition) is 0. The summed E-state index contributed by atoms with van der Waals surface area (Å²) in [6.45, 7) is 4.79. The Morgan fingerprint density at radius 1 is 1.39 bits per heavy atom. The van der Waals surface area contributed by atoms with Crippen LogP contribution in [0.2, 0.25) is 5.02 Å². The molecule has 0 saturated carbocycles. The molecule has 0 atom stereocenters. The lowest BCUT2D eigenvalue weighted by Crippen LogP contribution is -2.38. The van der Waals surface area contributed by atoms with Gasteiger partial charge in [0.2, 0.25) is 5.88 Å². The summed E-state index contributed by atoms with van der Waals surface area (Å²) in [5.74, 6) is 0.477. The van der Waals surface area contributed by atoms with Crippen molar-refractivity contribution in [3.05, 3.63) is 51.2 Å². The SMILES string of the molecule is CN1c2cc(OCc3ccc(Cl)c(F)c3)nc(=O)n2CC1(C)C. The van der Waals surface area contributed by atoms with Gasteiger partial charge in [-0.15, -0.1) is 0 Å². The zero-order valence-electron chi connectivity index (χ0n) is 13.1. The van der Waals surface area contributed by atoms with Crippen LogP contribution >= 0.6 is 11.6 Å².